The quantitative estimate of drug-likeness (QED) is 0.827. The van der Waals surface area contributed by atoms with E-state index in [9.17, 15) is 4.79 Å². The molecule has 2 rings (SSSR count). The van der Waals surface area contributed by atoms with Crippen LogP contribution in [0.25, 0.3) is 0 Å². The Morgan fingerprint density at radius 1 is 1.42 bits per heavy atom. The lowest BCUT2D eigenvalue weighted by Gasteiger charge is -2.13. The van der Waals surface area contributed by atoms with Crippen molar-refractivity contribution in [3.8, 4) is 5.75 Å². The average molecular weight is 260 g/mol. The molecule has 19 heavy (non-hydrogen) atoms. The van der Waals surface area contributed by atoms with Crippen LogP contribution in [0.1, 0.15) is 29.1 Å². The molecule has 5 heteroatoms. The summed E-state index contributed by atoms with van der Waals surface area (Å²) in [5, 5.41) is 2.84. The van der Waals surface area contributed by atoms with Crippen molar-refractivity contribution in [3.05, 3.63) is 47.9 Å². The zero-order valence-corrected chi connectivity index (χ0v) is 10.8. The van der Waals surface area contributed by atoms with Crippen LogP contribution in [0.3, 0.4) is 0 Å². The van der Waals surface area contributed by atoms with E-state index in [1.807, 2.05) is 13.0 Å². The van der Waals surface area contributed by atoms with Gasteiger partial charge in [0.05, 0.1) is 25.0 Å². The molecule has 1 heterocycles. The number of furan rings is 1. The Labute approximate surface area is 111 Å². The number of anilines is 1. The molecule has 1 aromatic carbocycles. The van der Waals surface area contributed by atoms with Gasteiger partial charge in [-0.1, -0.05) is 0 Å². The van der Waals surface area contributed by atoms with Gasteiger partial charge in [0.2, 0.25) is 0 Å². The number of nitrogens with two attached hydrogens (primary N) is 1. The largest absolute Gasteiger partial charge is 0.496 e. The summed E-state index contributed by atoms with van der Waals surface area (Å²) in [5.74, 6) is 0.910. The van der Waals surface area contributed by atoms with Crippen molar-refractivity contribution in [1.82, 2.24) is 5.32 Å². The van der Waals surface area contributed by atoms with Gasteiger partial charge in [0.1, 0.15) is 11.5 Å². The average Bonchev–Trinajstić information content (AvgIpc) is 2.92. The molecule has 0 saturated heterocycles. The molecule has 0 spiro atoms. The molecule has 0 fully saturated rings. The summed E-state index contributed by atoms with van der Waals surface area (Å²) in [7, 11) is 1.50. The highest BCUT2D eigenvalue weighted by Gasteiger charge is 2.16. The first-order valence-corrected chi connectivity index (χ1v) is 5.89. The van der Waals surface area contributed by atoms with Gasteiger partial charge in [-0.3, -0.25) is 4.79 Å². The Balaban J connectivity index is 2.16. The standard InChI is InChI=1S/C14H16N2O3/c1-9(12-4-3-7-19-12)16-14(17)11-6-5-10(15)8-13(11)18-2/h3-9H,15H2,1-2H3,(H,16,17)/t9-/m1/s1. The molecule has 0 aliphatic rings. The van der Waals surface area contributed by atoms with Gasteiger partial charge in [-0.2, -0.15) is 0 Å². The first-order chi connectivity index (χ1) is 9.11. The van der Waals surface area contributed by atoms with Crippen LogP contribution in [0.2, 0.25) is 0 Å². The van der Waals surface area contributed by atoms with Gasteiger partial charge in [0.25, 0.3) is 5.91 Å². The Morgan fingerprint density at radius 3 is 2.84 bits per heavy atom. The molecule has 0 saturated carbocycles. The van der Waals surface area contributed by atoms with Gasteiger partial charge < -0.3 is 20.2 Å². The highest BCUT2D eigenvalue weighted by atomic mass is 16.5. The number of hydrogen-bond donors (Lipinski definition) is 2. The van der Waals surface area contributed by atoms with Gasteiger partial charge in [0, 0.05) is 11.8 Å². The fourth-order valence-electron chi connectivity index (χ4n) is 1.78. The maximum Gasteiger partial charge on any atom is 0.255 e. The number of carbonyl (C=O) groups excluding carboxylic acids is 1. The third-order valence-electron chi connectivity index (χ3n) is 2.79. The number of hydrogen-bond acceptors (Lipinski definition) is 4. The van der Waals surface area contributed by atoms with Crippen LogP contribution in [0.5, 0.6) is 5.75 Å². The van der Waals surface area contributed by atoms with E-state index in [4.69, 9.17) is 14.9 Å². The maximum atomic E-state index is 12.2. The summed E-state index contributed by atoms with van der Waals surface area (Å²) in [5.41, 5.74) is 6.64. The molecule has 5 nitrogen and oxygen atoms in total. The minimum Gasteiger partial charge on any atom is -0.496 e. The second kappa shape index (κ2) is 5.48. The normalized spacial score (nSPS) is 11.9. The Hall–Kier alpha value is -2.43. The topological polar surface area (TPSA) is 77.5 Å². The molecule has 0 radical (unpaired) electrons. The van der Waals surface area contributed by atoms with E-state index >= 15 is 0 Å². The van der Waals surface area contributed by atoms with Crippen LogP contribution in [0.4, 0.5) is 5.69 Å². The summed E-state index contributed by atoms with van der Waals surface area (Å²) < 4.78 is 10.4. The highest BCUT2D eigenvalue weighted by molar-refractivity contribution is 5.97. The number of ether oxygens (including phenoxy) is 1. The number of benzene rings is 1. The molecule has 0 aliphatic carbocycles. The van der Waals surface area contributed by atoms with Gasteiger partial charge in [-0.05, 0) is 31.2 Å². The molecule has 1 atom stereocenters. The fourth-order valence-corrected chi connectivity index (χ4v) is 1.78. The maximum absolute atomic E-state index is 12.2. The third-order valence-corrected chi connectivity index (χ3v) is 2.79. The Kier molecular flexibility index (Phi) is 3.75. The van der Waals surface area contributed by atoms with Crippen molar-refractivity contribution in [1.29, 1.82) is 0 Å². The van der Waals surface area contributed by atoms with Crippen molar-refractivity contribution in [2.24, 2.45) is 0 Å². The number of nitrogens with one attached hydrogen (secondary N) is 1. The van der Waals surface area contributed by atoms with Crippen molar-refractivity contribution in [2.75, 3.05) is 12.8 Å². The predicted octanol–water partition coefficient (Wildman–Crippen LogP) is 2.36. The SMILES string of the molecule is COc1cc(N)ccc1C(=O)N[C@H](C)c1ccco1. The summed E-state index contributed by atoms with van der Waals surface area (Å²) in [6, 6.07) is 8.29. The summed E-state index contributed by atoms with van der Waals surface area (Å²) in [4.78, 5) is 12.2. The fraction of sp³-hybridized carbons (Fsp3) is 0.214. The number of amides is 1. The highest BCUT2D eigenvalue weighted by Crippen LogP contribution is 2.22. The minimum absolute atomic E-state index is 0.218. The lowest BCUT2D eigenvalue weighted by molar-refractivity contribution is 0.0932. The van der Waals surface area contributed by atoms with E-state index in [0.717, 1.165) is 0 Å². The summed E-state index contributed by atoms with van der Waals surface area (Å²) in [6.07, 6.45) is 1.57. The zero-order chi connectivity index (χ0) is 13.8. The van der Waals surface area contributed by atoms with Crippen LogP contribution in [0.15, 0.2) is 41.0 Å². The second-order valence-corrected chi connectivity index (χ2v) is 4.17. The third kappa shape index (κ3) is 2.88. The van der Waals surface area contributed by atoms with Gasteiger partial charge >= 0.3 is 0 Å². The van der Waals surface area contributed by atoms with E-state index in [-0.39, 0.29) is 11.9 Å². The lowest BCUT2D eigenvalue weighted by Crippen LogP contribution is -2.26. The van der Waals surface area contributed by atoms with Crippen LogP contribution < -0.4 is 15.8 Å². The van der Waals surface area contributed by atoms with E-state index in [0.29, 0.717) is 22.8 Å². The van der Waals surface area contributed by atoms with E-state index in [1.54, 1.807) is 30.5 Å². The van der Waals surface area contributed by atoms with Gasteiger partial charge in [-0.15, -0.1) is 0 Å². The van der Waals surface area contributed by atoms with Crippen LogP contribution in [-0.4, -0.2) is 13.0 Å². The molecule has 1 amide bonds. The summed E-state index contributed by atoms with van der Waals surface area (Å²) >= 11 is 0. The van der Waals surface area contributed by atoms with Crippen molar-refractivity contribution in [2.45, 2.75) is 13.0 Å². The molecular formula is C14H16N2O3. The molecule has 0 aliphatic heterocycles. The van der Waals surface area contributed by atoms with E-state index in [1.165, 1.54) is 7.11 Å². The lowest BCUT2D eigenvalue weighted by atomic mass is 10.1. The molecule has 0 unspecified atom stereocenters. The van der Waals surface area contributed by atoms with Crippen LogP contribution in [0, 0.1) is 0 Å². The van der Waals surface area contributed by atoms with Crippen LogP contribution in [-0.2, 0) is 0 Å². The molecule has 0 bridgehead atoms. The van der Waals surface area contributed by atoms with E-state index < -0.39 is 0 Å². The summed E-state index contributed by atoms with van der Waals surface area (Å²) in [6.45, 7) is 1.85. The monoisotopic (exact) mass is 260 g/mol. The molecule has 2 aromatic rings. The first kappa shape index (κ1) is 13.0. The zero-order valence-electron chi connectivity index (χ0n) is 10.8. The van der Waals surface area contributed by atoms with E-state index in [2.05, 4.69) is 5.32 Å². The molecule has 1 aromatic heterocycles. The molecule has 3 N–H and O–H groups in total. The predicted molar refractivity (Wildman–Crippen MR) is 72.0 cm³/mol. The Bertz CT molecular complexity index is 564. The number of nitrogen functional groups attached to an aromatic ring is 1. The first-order valence-electron chi connectivity index (χ1n) is 5.89. The number of carbonyl (C=O) groups is 1. The second-order valence-electron chi connectivity index (χ2n) is 4.17. The number of methoxy groups -OCH3 is 1. The van der Waals surface area contributed by atoms with Crippen molar-refractivity contribution >= 4 is 11.6 Å². The smallest absolute Gasteiger partial charge is 0.255 e. The van der Waals surface area contributed by atoms with Crippen molar-refractivity contribution < 1.29 is 13.9 Å². The Morgan fingerprint density at radius 2 is 2.21 bits per heavy atom. The molecule has 100 valence electrons. The molecular weight excluding hydrogens is 244 g/mol. The minimum atomic E-state index is -0.235. The van der Waals surface area contributed by atoms with Crippen LogP contribution >= 0.6 is 0 Å². The van der Waals surface area contributed by atoms with Gasteiger partial charge in [-0.25, -0.2) is 0 Å². The van der Waals surface area contributed by atoms with Crippen molar-refractivity contribution in [3.63, 3.8) is 0 Å². The van der Waals surface area contributed by atoms with Gasteiger partial charge in [0.15, 0.2) is 0 Å². The number of rotatable bonds is 4.